The maximum absolute atomic E-state index is 11.1. The summed E-state index contributed by atoms with van der Waals surface area (Å²) in [6.45, 7) is 0. The number of hydrogen-bond donors (Lipinski definition) is 3. The molecule has 0 aliphatic heterocycles. The van der Waals surface area contributed by atoms with Gasteiger partial charge in [0.05, 0.1) is 18.4 Å². The maximum atomic E-state index is 11.1. The summed E-state index contributed by atoms with van der Waals surface area (Å²) in [7, 11) is 1.39. The van der Waals surface area contributed by atoms with Gasteiger partial charge in [-0.3, -0.25) is 9.59 Å². The Kier molecular flexibility index (Phi) is 3.66. The van der Waals surface area contributed by atoms with Gasteiger partial charge in [0.25, 0.3) is 5.91 Å². The van der Waals surface area contributed by atoms with Crippen LogP contribution in [0.3, 0.4) is 0 Å². The summed E-state index contributed by atoms with van der Waals surface area (Å²) in [5, 5.41) is 10.5. The predicted molar refractivity (Wildman–Crippen MR) is 57.8 cm³/mol. The average molecular weight is 238 g/mol. The lowest BCUT2D eigenvalue weighted by Gasteiger charge is -2.09. The lowest BCUT2D eigenvalue weighted by molar-refractivity contribution is -0.147. The molecule has 0 spiro atoms. The molecule has 0 bridgehead atoms. The zero-order chi connectivity index (χ0) is 13.0. The molecule has 2 amide bonds. The van der Waals surface area contributed by atoms with Crippen LogP contribution in [0.2, 0.25) is 0 Å². The third-order valence-corrected chi connectivity index (χ3v) is 1.93. The second kappa shape index (κ2) is 4.97. The van der Waals surface area contributed by atoms with Gasteiger partial charge in [-0.25, -0.2) is 4.79 Å². The number of benzene rings is 1. The highest BCUT2D eigenvalue weighted by Gasteiger charge is 2.16. The summed E-state index contributed by atoms with van der Waals surface area (Å²) in [6, 6.07) is 4.11. The Balaban J connectivity index is 3.13. The van der Waals surface area contributed by atoms with Crippen LogP contribution < -0.4 is 15.8 Å². The van der Waals surface area contributed by atoms with Crippen molar-refractivity contribution in [1.29, 1.82) is 0 Å². The summed E-state index contributed by atoms with van der Waals surface area (Å²) in [6.07, 6.45) is 0. The highest BCUT2D eigenvalue weighted by atomic mass is 16.5. The van der Waals surface area contributed by atoms with Crippen LogP contribution in [-0.2, 0) is 9.59 Å². The van der Waals surface area contributed by atoms with Crippen LogP contribution in [0.15, 0.2) is 18.2 Å². The lowest BCUT2D eigenvalue weighted by Crippen LogP contribution is -2.24. The third-order valence-electron chi connectivity index (χ3n) is 1.93. The van der Waals surface area contributed by atoms with E-state index in [0.717, 1.165) is 0 Å². The van der Waals surface area contributed by atoms with E-state index < -0.39 is 17.8 Å². The average Bonchev–Trinajstić information content (AvgIpc) is 2.28. The number of aliphatic carboxylic acids is 1. The molecule has 7 heteroatoms. The molecular weight excluding hydrogens is 228 g/mol. The Hall–Kier alpha value is -2.57. The zero-order valence-corrected chi connectivity index (χ0v) is 8.89. The number of anilines is 1. The predicted octanol–water partition coefficient (Wildman–Crippen LogP) is -0.183. The van der Waals surface area contributed by atoms with Crippen LogP contribution in [-0.4, -0.2) is 30.0 Å². The Morgan fingerprint density at radius 2 is 2.00 bits per heavy atom. The number of amides is 2. The third kappa shape index (κ3) is 2.94. The van der Waals surface area contributed by atoms with Crippen molar-refractivity contribution >= 4 is 23.5 Å². The maximum Gasteiger partial charge on any atom is 0.394 e. The Labute approximate surface area is 96.2 Å². The van der Waals surface area contributed by atoms with Gasteiger partial charge in [-0.15, -0.1) is 0 Å². The van der Waals surface area contributed by atoms with Crippen molar-refractivity contribution in [3.05, 3.63) is 23.8 Å². The molecule has 0 atom stereocenters. The van der Waals surface area contributed by atoms with E-state index in [9.17, 15) is 14.4 Å². The van der Waals surface area contributed by atoms with E-state index >= 15 is 0 Å². The van der Waals surface area contributed by atoms with Gasteiger partial charge < -0.3 is 20.9 Å². The molecule has 0 unspecified atom stereocenters. The largest absolute Gasteiger partial charge is 0.497 e. The minimum atomic E-state index is -1.66. The highest BCUT2D eigenvalue weighted by molar-refractivity contribution is 6.36. The summed E-state index contributed by atoms with van der Waals surface area (Å²) in [5.74, 6) is -3.35. The first-order valence-electron chi connectivity index (χ1n) is 4.48. The molecule has 0 saturated heterocycles. The first kappa shape index (κ1) is 12.5. The number of methoxy groups -OCH3 is 1. The van der Waals surface area contributed by atoms with E-state index in [2.05, 4.69) is 0 Å². The number of primary amides is 1. The second-order valence-electron chi connectivity index (χ2n) is 3.04. The molecule has 90 valence electrons. The van der Waals surface area contributed by atoms with E-state index in [1.807, 2.05) is 5.32 Å². The molecule has 0 aromatic heterocycles. The molecule has 0 aliphatic rings. The standard InChI is InChI=1S/C10H10N2O5/c1-17-5-2-3-6(8(11)13)7(4-5)12-9(14)10(15)16/h2-4H,1H3,(H2,11,13)(H,12,14)(H,15,16). The molecule has 4 N–H and O–H groups in total. The quantitative estimate of drug-likeness (QED) is 0.631. The van der Waals surface area contributed by atoms with Crippen molar-refractivity contribution in [3.8, 4) is 5.75 Å². The van der Waals surface area contributed by atoms with Gasteiger partial charge in [0, 0.05) is 6.07 Å². The van der Waals surface area contributed by atoms with Gasteiger partial charge in [-0.1, -0.05) is 0 Å². The first-order valence-corrected chi connectivity index (χ1v) is 4.48. The number of carbonyl (C=O) groups is 3. The van der Waals surface area contributed by atoms with E-state index in [-0.39, 0.29) is 11.3 Å². The summed E-state index contributed by atoms with van der Waals surface area (Å²) in [5.41, 5.74) is 5.07. The number of ether oxygens (including phenoxy) is 1. The minimum absolute atomic E-state index is 0.000370. The van der Waals surface area contributed by atoms with Gasteiger partial charge in [0.1, 0.15) is 5.75 Å². The molecule has 0 aliphatic carbocycles. The van der Waals surface area contributed by atoms with Crippen LogP contribution >= 0.6 is 0 Å². The normalized spacial score (nSPS) is 9.47. The topological polar surface area (TPSA) is 119 Å². The number of carboxylic acids is 1. The molecule has 0 heterocycles. The van der Waals surface area contributed by atoms with Crippen molar-refractivity contribution < 1.29 is 24.2 Å². The Bertz CT molecular complexity index is 484. The lowest BCUT2D eigenvalue weighted by atomic mass is 10.1. The van der Waals surface area contributed by atoms with Crippen molar-refractivity contribution in [3.63, 3.8) is 0 Å². The SMILES string of the molecule is COc1ccc(C(N)=O)c(NC(=O)C(=O)O)c1. The second-order valence-corrected chi connectivity index (χ2v) is 3.04. The summed E-state index contributed by atoms with van der Waals surface area (Å²) in [4.78, 5) is 32.4. The molecule has 17 heavy (non-hydrogen) atoms. The van der Waals surface area contributed by atoms with Crippen molar-refractivity contribution in [2.24, 2.45) is 5.73 Å². The number of carboxylic acid groups (broad SMARTS) is 1. The minimum Gasteiger partial charge on any atom is -0.497 e. The molecule has 1 aromatic carbocycles. The van der Waals surface area contributed by atoms with E-state index in [1.54, 1.807) is 0 Å². The molecular formula is C10H10N2O5. The van der Waals surface area contributed by atoms with Gasteiger partial charge in [-0.05, 0) is 12.1 Å². The van der Waals surface area contributed by atoms with E-state index in [0.29, 0.717) is 5.75 Å². The molecule has 1 rings (SSSR count). The van der Waals surface area contributed by atoms with Gasteiger partial charge in [0.2, 0.25) is 0 Å². The van der Waals surface area contributed by atoms with Crippen LogP contribution in [0.1, 0.15) is 10.4 Å². The monoisotopic (exact) mass is 238 g/mol. The summed E-state index contributed by atoms with van der Waals surface area (Å²) < 4.78 is 4.88. The number of carbonyl (C=O) groups excluding carboxylic acids is 2. The Morgan fingerprint density at radius 3 is 2.47 bits per heavy atom. The smallest absolute Gasteiger partial charge is 0.394 e. The van der Waals surface area contributed by atoms with Gasteiger partial charge >= 0.3 is 11.9 Å². The van der Waals surface area contributed by atoms with Gasteiger partial charge in [0.15, 0.2) is 0 Å². The van der Waals surface area contributed by atoms with Crippen LogP contribution in [0, 0.1) is 0 Å². The van der Waals surface area contributed by atoms with Gasteiger partial charge in [-0.2, -0.15) is 0 Å². The highest BCUT2D eigenvalue weighted by Crippen LogP contribution is 2.22. The fourth-order valence-corrected chi connectivity index (χ4v) is 1.14. The Morgan fingerprint density at radius 1 is 1.35 bits per heavy atom. The van der Waals surface area contributed by atoms with E-state index in [4.69, 9.17) is 15.6 Å². The fraction of sp³-hybridized carbons (Fsp3) is 0.100. The van der Waals surface area contributed by atoms with Crippen LogP contribution in [0.25, 0.3) is 0 Å². The van der Waals surface area contributed by atoms with Crippen molar-refractivity contribution in [2.75, 3.05) is 12.4 Å². The number of hydrogen-bond acceptors (Lipinski definition) is 4. The number of rotatable bonds is 3. The van der Waals surface area contributed by atoms with Crippen LogP contribution in [0.5, 0.6) is 5.75 Å². The molecule has 0 saturated carbocycles. The molecule has 0 radical (unpaired) electrons. The zero-order valence-electron chi connectivity index (χ0n) is 8.89. The molecule has 0 fully saturated rings. The molecule has 7 nitrogen and oxygen atoms in total. The fourth-order valence-electron chi connectivity index (χ4n) is 1.14. The van der Waals surface area contributed by atoms with Crippen LogP contribution in [0.4, 0.5) is 5.69 Å². The van der Waals surface area contributed by atoms with Crippen molar-refractivity contribution in [1.82, 2.24) is 0 Å². The number of nitrogens with two attached hydrogens (primary N) is 1. The first-order chi connectivity index (χ1) is 7.95. The van der Waals surface area contributed by atoms with Crippen molar-refractivity contribution in [2.45, 2.75) is 0 Å². The molecule has 1 aromatic rings. The summed E-state index contributed by atoms with van der Waals surface area (Å²) >= 11 is 0. The number of nitrogens with one attached hydrogen (secondary N) is 1. The van der Waals surface area contributed by atoms with E-state index in [1.165, 1.54) is 25.3 Å².